The van der Waals surface area contributed by atoms with E-state index >= 15 is 0 Å². The molecule has 0 N–H and O–H groups in total. The molecule has 0 saturated heterocycles. The van der Waals surface area contributed by atoms with Gasteiger partial charge in [0.15, 0.2) is 0 Å². The fourth-order valence-electron chi connectivity index (χ4n) is 5.91. The van der Waals surface area contributed by atoms with Crippen LogP contribution in [-0.2, 0) is 19.5 Å². The SMILES string of the molecule is CCCC1(CCC)c2cc(C=Cc3cccn3C)ccc2-c2ccc(C=Cc3cccn3C)cc21. The molecule has 0 spiro atoms. The van der Waals surface area contributed by atoms with Crippen molar-refractivity contribution < 1.29 is 0 Å². The summed E-state index contributed by atoms with van der Waals surface area (Å²) in [5.74, 6) is 0. The Balaban J connectivity index is 1.58. The number of hydrogen-bond acceptors (Lipinski definition) is 0. The molecule has 2 heterocycles. The Bertz CT molecular complexity index is 1280. The Hall–Kier alpha value is -3.52. The number of benzene rings is 2. The summed E-state index contributed by atoms with van der Waals surface area (Å²) in [4.78, 5) is 0. The van der Waals surface area contributed by atoms with E-state index in [1.807, 2.05) is 0 Å². The lowest BCUT2D eigenvalue weighted by Crippen LogP contribution is -2.25. The Morgan fingerprint density at radius 3 is 1.46 bits per heavy atom. The van der Waals surface area contributed by atoms with Crippen molar-refractivity contribution >= 4 is 24.3 Å². The summed E-state index contributed by atoms with van der Waals surface area (Å²) in [5.41, 5.74) is 10.9. The molecule has 5 rings (SSSR count). The summed E-state index contributed by atoms with van der Waals surface area (Å²) < 4.78 is 4.31. The van der Waals surface area contributed by atoms with E-state index in [-0.39, 0.29) is 5.41 Å². The molecule has 0 bridgehead atoms. The molecule has 4 aromatic rings. The molecule has 2 aromatic carbocycles. The van der Waals surface area contributed by atoms with Crippen LogP contribution in [0.1, 0.15) is 73.2 Å². The van der Waals surface area contributed by atoms with Gasteiger partial charge in [0, 0.05) is 43.3 Å². The molecule has 178 valence electrons. The zero-order chi connectivity index (χ0) is 24.4. The van der Waals surface area contributed by atoms with Gasteiger partial charge in [0.05, 0.1) is 0 Å². The molecule has 0 radical (unpaired) electrons. The van der Waals surface area contributed by atoms with Gasteiger partial charge < -0.3 is 9.13 Å². The highest BCUT2D eigenvalue weighted by molar-refractivity contribution is 5.85. The molecule has 2 aromatic heterocycles. The second-order valence-electron chi connectivity index (χ2n) is 9.95. The van der Waals surface area contributed by atoms with Gasteiger partial charge in [0.2, 0.25) is 0 Å². The number of hydrogen-bond donors (Lipinski definition) is 0. The monoisotopic (exact) mass is 460 g/mol. The first kappa shape index (κ1) is 23.2. The van der Waals surface area contributed by atoms with Gasteiger partial charge >= 0.3 is 0 Å². The zero-order valence-electron chi connectivity index (χ0n) is 21.5. The van der Waals surface area contributed by atoms with Crippen molar-refractivity contribution in [3.63, 3.8) is 0 Å². The van der Waals surface area contributed by atoms with Crippen LogP contribution in [0.15, 0.2) is 73.1 Å². The molecule has 1 aliphatic rings. The highest BCUT2D eigenvalue weighted by Crippen LogP contribution is 2.54. The van der Waals surface area contributed by atoms with Gasteiger partial charge in [-0.15, -0.1) is 0 Å². The van der Waals surface area contributed by atoms with Gasteiger partial charge in [-0.1, -0.05) is 75.2 Å². The van der Waals surface area contributed by atoms with Crippen LogP contribution in [0.5, 0.6) is 0 Å². The number of rotatable bonds is 8. The van der Waals surface area contributed by atoms with Gasteiger partial charge in [-0.2, -0.15) is 0 Å². The molecule has 0 aliphatic heterocycles. The quantitative estimate of drug-likeness (QED) is 0.249. The van der Waals surface area contributed by atoms with Gasteiger partial charge in [-0.05, 0) is 82.6 Å². The molecule has 2 nitrogen and oxygen atoms in total. The van der Waals surface area contributed by atoms with E-state index in [0.29, 0.717) is 0 Å². The van der Waals surface area contributed by atoms with Crippen LogP contribution in [0.3, 0.4) is 0 Å². The first-order valence-electron chi connectivity index (χ1n) is 12.9. The maximum absolute atomic E-state index is 2.46. The number of fused-ring (bicyclic) bond motifs is 3. The predicted molar refractivity (Wildman–Crippen MR) is 151 cm³/mol. The molecular weight excluding hydrogens is 424 g/mol. The lowest BCUT2D eigenvalue weighted by molar-refractivity contribution is 0.435. The standard InChI is InChI=1S/C33H36N2/c1-5-19-33(20-6-2)31-23-25(11-15-27-9-7-21-34(27)3)13-17-29(31)30-18-14-26(24-32(30)33)12-16-28-10-8-22-35(28)4/h7-18,21-24H,5-6,19-20H2,1-4H3. The van der Waals surface area contributed by atoms with Gasteiger partial charge in [-0.25, -0.2) is 0 Å². The molecular formula is C33H36N2. The highest BCUT2D eigenvalue weighted by Gasteiger charge is 2.41. The van der Waals surface area contributed by atoms with E-state index in [0.717, 1.165) is 0 Å². The summed E-state index contributed by atoms with van der Waals surface area (Å²) in [5, 5.41) is 0. The second-order valence-corrected chi connectivity index (χ2v) is 9.95. The zero-order valence-corrected chi connectivity index (χ0v) is 21.5. The second kappa shape index (κ2) is 9.62. The maximum Gasteiger partial charge on any atom is 0.0404 e. The minimum atomic E-state index is 0.0812. The van der Waals surface area contributed by atoms with E-state index in [1.165, 1.54) is 70.5 Å². The van der Waals surface area contributed by atoms with E-state index in [1.54, 1.807) is 0 Å². The van der Waals surface area contributed by atoms with Gasteiger partial charge in [0.1, 0.15) is 0 Å². The third-order valence-corrected chi connectivity index (χ3v) is 7.62. The first-order chi connectivity index (χ1) is 17.1. The summed E-state index contributed by atoms with van der Waals surface area (Å²) in [6.07, 6.45) is 17.8. The van der Waals surface area contributed by atoms with Crippen molar-refractivity contribution in [2.45, 2.75) is 44.9 Å². The topological polar surface area (TPSA) is 9.86 Å². The Labute approximate surface area is 210 Å². The lowest BCUT2D eigenvalue weighted by Gasteiger charge is -2.32. The van der Waals surface area contributed by atoms with Crippen LogP contribution in [0.4, 0.5) is 0 Å². The average molecular weight is 461 g/mol. The van der Waals surface area contributed by atoms with Crippen LogP contribution >= 0.6 is 0 Å². The number of aromatic nitrogens is 2. The minimum Gasteiger partial charge on any atom is -0.351 e. The van der Waals surface area contributed by atoms with Crippen LogP contribution in [-0.4, -0.2) is 9.13 Å². The number of aryl methyl sites for hydroxylation is 2. The van der Waals surface area contributed by atoms with E-state index < -0.39 is 0 Å². The summed E-state index contributed by atoms with van der Waals surface area (Å²) in [7, 11) is 4.19. The Morgan fingerprint density at radius 1 is 0.629 bits per heavy atom. The third kappa shape index (κ3) is 4.23. The maximum atomic E-state index is 2.46. The molecule has 0 saturated carbocycles. The molecule has 0 amide bonds. The average Bonchev–Trinajstić information content (AvgIpc) is 3.54. The van der Waals surface area contributed by atoms with Crippen molar-refractivity contribution in [1.82, 2.24) is 9.13 Å². The van der Waals surface area contributed by atoms with Crippen LogP contribution in [0.2, 0.25) is 0 Å². The summed E-state index contributed by atoms with van der Waals surface area (Å²) in [6.45, 7) is 4.65. The van der Waals surface area contributed by atoms with E-state index in [2.05, 4.69) is 134 Å². The molecule has 35 heavy (non-hydrogen) atoms. The fraction of sp³-hybridized carbons (Fsp3) is 0.273. The first-order valence-corrected chi connectivity index (χ1v) is 12.9. The normalized spacial score (nSPS) is 14.2. The lowest BCUT2D eigenvalue weighted by atomic mass is 9.71. The van der Waals surface area contributed by atoms with E-state index in [4.69, 9.17) is 0 Å². The molecule has 0 unspecified atom stereocenters. The molecule has 0 fully saturated rings. The van der Waals surface area contributed by atoms with Crippen LogP contribution < -0.4 is 0 Å². The van der Waals surface area contributed by atoms with Crippen molar-refractivity contribution in [1.29, 1.82) is 0 Å². The largest absolute Gasteiger partial charge is 0.351 e. The molecule has 1 aliphatic carbocycles. The minimum absolute atomic E-state index is 0.0812. The van der Waals surface area contributed by atoms with E-state index in [9.17, 15) is 0 Å². The summed E-state index contributed by atoms with van der Waals surface area (Å²) >= 11 is 0. The highest BCUT2D eigenvalue weighted by atomic mass is 14.9. The Kier molecular flexibility index (Phi) is 6.38. The smallest absolute Gasteiger partial charge is 0.0404 e. The van der Waals surface area contributed by atoms with Crippen molar-refractivity contribution in [3.05, 3.63) is 107 Å². The third-order valence-electron chi connectivity index (χ3n) is 7.62. The molecule has 0 atom stereocenters. The van der Waals surface area contributed by atoms with Gasteiger partial charge in [-0.3, -0.25) is 0 Å². The fourth-order valence-corrected chi connectivity index (χ4v) is 5.91. The van der Waals surface area contributed by atoms with Crippen molar-refractivity contribution in [3.8, 4) is 11.1 Å². The van der Waals surface area contributed by atoms with Crippen LogP contribution in [0, 0.1) is 0 Å². The van der Waals surface area contributed by atoms with Crippen LogP contribution in [0.25, 0.3) is 35.4 Å². The predicted octanol–water partition coefficient (Wildman–Crippen LogP) is 8.57. The number of nitrogens with zero attached hydrogens (tertiary/aromatic N) is 2. The molecule has 2 heteroatoms. The van der Waals surface area contributed by atoms with Gasteiger partial charge in [0.25, 0.3) is 0 Å². The Morgan fingerprint density at radius 2 is 1.09 bits per heavy atom. The van der Waals surface area contributed by atoms with Crippen molar-refractivity contribution in [2.75, 3.05) is 0 Å². The summed E-state index contributed by atoms with van der Waals surface area (Å²) in [6, 6.07) is 22.7. The van der Waals surface area contributed by atoms with Crippen molar-refractivity contribution in [2.24, 2.45) is 14.1 Å².